The molecule has 1 aromatic heterocycles. The standard InChI is InChI=1S/C25H28FN3O3S/c1-16(2)32-14-8-13-27-24(31)23-22-17-9-4-6-11-19(17)28(3)25(22)33-15-21(30)29(23)20-12-7-5-10-18(20)26/h4-7,9-12,16,23H,8,13-15H2,1-3H3,(H,27,31)/t23-/m1/s1. The predicted molar refractivity (Wildman–Crippen MR) is 129 cm³/mol. The Hall–Kier alpha value is -2.84. The molecule has 0 aliphatic carbocycles. The summed E-state index contributed by atoms with van der Waals surface area (Å²) in [6.07, 6.45) is 0.758. The molecule has 174 valence electrons. The molecule has 33 heavy (non-hydrogen) atoms. The number of ether oxygens (including phenoxy) is 1. The Kier molecular flexibility index (Phi) is 7.05. The molecule has 0 saturated carbocycles. The van der Waals surface area contributed by atoms with Gasteiger partial charge in [0.25, 0.3) is 0 Å². The fourth-order valence-electron chi connectivity index (χ4n) is 4.18. The number of nitrogens with one attached hydrogen (secondary N) is 1. The van der Waals surface area contributed by atoms with Crippen molar-refractivity contribution in [3.63, 3.8) is 0 Å². The number of carbonyl (C=O) groups excluding carboxylic acids is 2. The lowest BCUT2D eigenvalue weighted by atomic mass is 10.0. The molecule has 0 radical (unpaired) electrons. The SMILES string of the molecule is CC(C)OCCCNC(=O)[C@H]1c2c(n(C)c3ccccc23)SCC(=O)N1c1ccccc1F. The Morgan fingerprint density at radius 2 is 1.94 bits per heavy atom. The lowest BCUT2D eigenvalue weighted by molar-refractivity contribution is -0.125. The first-order chi connectivity index (χ1) is 15.9. The van der Waals surface area contributed by atoms with Gasteiger partial charge in [-0.1, -0.05) is 42.1 Å². The van der Waals surface area contributed by atoms with Crippen LogP contribution in [0.2, 0.25) is 0 Å². The molecule has 0 fully saturated rings. The third kappa shape index (κ3) is 4.63. The summed E-state index contributed by atoms with van der Waals surface area (Å²) in [6, 6.07) is 12.9. The Morgan fingerprint density at radius 3 is 2.70 bits per heavy atom. The molecule has 1 N–H and O–H groups in total. The number of anilines is 1. The Labute approximate surface area is 197 Å². The summed E-state index contributed by atoms with van der Waals surface area (Å²) < 4.78 is 22.4. The molecule has 0 saturated heterocycles. The van der Waals surface area contributed by atoms with Crippen LogP contribution in [0.15, 0.2) is 53.6 Å². The average Bonchev–Trinajstić information content (AvgIpc) is 2.97. The molecule has 8 heteroatoms. The van der Waals surface area contributed by atoms with E-state index in [1.165, 1.54) is 22.7 Å². The summed E-state index contributed by atoms with van der Waals surface area (Å²) in [7, 11) is 1.93. The van der Waals surface area contributed by atoms with Crippen molar-refractivity contribution in [2.45, 2.75) is 37.4 Å². The Bertz CT molecular complexity index is 1180. The number of halogens is 1. The van der Waals surface area contributed by atoms with Crippen LogP contribution in [0.3, 0.4) is 0 Å². The number of thioether (sulfide) groups is 1. The van der Waals surface area contributed by atoms with Gasteiger partial charge in [-0.05, 0) is 38.5 Å². The molecular formula is C25H28FN3O3S. The highest BCUT2D eigenvalue weighted by molar-refractivity contribution is 8.00. The number of rotatable bonds is 7. The van der Waals surface area contributed by atoms with Crippen LogP contribution in [0.5, 0.6) is 0 Å². The van der Waals surface area contributed by atoms with E-state index in [1.807, 2.05) is 49.7 Å². The highest BCUT2D eigenvalue weighted by atomic mass is 32.2. The quantitative estimate of drug-likeness (QED) is 0.520. The summed E-state index contributed by atoms with van der Waals surface area (Å²) in [4.78, 5) is 28.2. The zero-order chi connectivity index (χ0) is 23.5. The number of para-hydroxylation sites is 2. The van der Waals surface area contributed by atoms with Crippen LogP contribution in [-0.4, -0.2) is 41.4 Å². The molecule has 2 heterocycles. The molecule has 0 unspecified atom stereocenters. The van der Waals surface area contributed by atoms with Crippen molar-refractivity contribution < 1.29 is 18.7 Å². The van der Waals surface area contributed by atoms with Crippen molar-refractivity contribution in [3.05, 3.63) is 59.9 Å². The van der Waals surface area contributed by atoms with Crippen LogP contribution < -0.4 is 10.2 Å². The summed E-state index contributed by atoms with van der Waals surface area (Å²) in [6.45, 7) is 4.84. The predicted octanol–water partition coefficient (Wildman–Crippen LogP) is 4.43. The molecule has 1 aliphatic heterocycles. The van der Waals surface area contributed by atoms with E-state index >= 15 is 0 Å². The lowest BCUT2D eigenvalue weighted by Crippen LogP contribution is -2.44. The second kappa shape index (κ2) is 9.97. The molecule has 0 bridgehead atoms. The minimum absolute atomic E-state index is 0.104. The van der Waals surface area contributed by atoms with Gasteiger partial charge in [0, 0.05) is 36.7 Å². The third-order valence-corrected chi connectivity index (χ3v) is 6.81. The number of aryl methyl sites for hydroxylation is 1. The zero-order valence-corrected chi connectivity index (χ0v) is 19.8. The first-order valence-corrected chi connectivity index (χ1v) is 12.0. The van der Waals surface area contributed by atoms with Gasteiger partial charge in [0.05, 0.1) is 22.6 Å². The molecule has 1 aliphatic rings. The van der Waals surface area contributed by atoms with Gasteiger partial charge < -0.3 is 14.6 Å². The first kappa shape index (κ1) is 23.3. The van der Waals surface area contributed by atoms with Crippen LogP contribution in [0.4, 0.5) is 10.1 Å². The van der Waals surface area contributed by atoms with E-state index in [-0.39, 0.29) is 29.4 Å². The number of aromatic nitrogens is 1. The number of hydrogen-bond donors (Lipinski definition) is 1. The maximum Gasteiger partial charge on any atom is 0.247 e. The number of amides is 2. The van der Waals surface area contributed by atoms with Crippen LogP contribution >= 0.6 is 11.8 Å². The van der Waals surface area contributed by atoms with E-state index < -0.39 is 11.9 Å². The molecule has 6 nitrogen and oxygen atoms in total. The van der Waals surface area contributed by atoms with E-state index in [9.17, 15) is 14.0 Å². The molecule has 4 rings (SSSR count). The summed E-state index contributed by atoms with van der Waals surface area (Å²) >= 11 is 1.38. The monoisotopic (exact) mass is 469 g/mol. The van der Waals surface area contributed by atoms with Crippen LogP contribution in [0, 0.1) is 5.82 Å². The van der Waals surface area contributed by atoms with Crippen molar-refractivity contribution in [2.75, 3.05) is 23.8 Å². The van der Waals surface area contributed by atoms with Crippen LogP contribution in [0.1, 0.15) is 31.9 Å². The number of nitrogens with zero attached hydrogens (tertiary/aromatic N) is 2. The molecule has 2 amide bonds. The minimum Gasteiger partial charge on any atom is -0.379 e. The topological polar surface area (TPSA) is 63.6 Å². The highest BCUT2D eigenvalue weighted by Gasteiger charge is 2.40. The smallest absolute Gasteiger partial charge is 0.247 e. The normalized spacial score (nSPS) is 16.2. The van der Waals surface area contributed by atoms with Gasteiger partial charge in [0.15, 0.2) is 0 Å². The number of fused-ring (bicyclic) bond motifs is 3. The fourth-order valence-corrected chi connectivity index (χ4v) is 5.25. The highest BCUT2D eigenvalue weighted by Crippen LogP contribution is 2.43. The number of benzene rings is 2. The van der Waals surface area contributed by atoms with Gasteiger partial charge in [0.2, 0.25) is 11.8 Å². The van der Waals surface area contributed by atoms with E-state index in [1.54, 1.807) is 18.2 Å². The van der Waals surface area contributed by atoms with Crippen molar-refractivity contribution in [1.29, 1.82) is 0 Å². The second-order valence-corrected chi connectivity index (χ2v) is 9.23. The van der Waals surface area contributed by atoms with Crippen molar-refractivity contribution >= 4 is 40.2 Å². The van der Waals surface area contributed by atoms with E-state index in [0.717, 1.165) is 21.5 Å². The largest absolute Gasteiger partial charge is 0.379 e. The summed E-state index contributed by atoms with van der Waals surface area (Å²) in [5.41, 5.74) is 1.79. The second-order valence-electron chi connectivity index (χ2n) is 8.27. The van der Waals surface area contributed by atoms with Gasteiger partial charge in [0.1, 0.15) is 11.9 Å². The van der Waals surface area contributed by atoms with Crippen molar-refractivity contribution in [3.8, 4) is 0 Å². The summed E-state index contributed by atoms with van der Waals surface area (Å²) in [5, 5.41) is 4.67. The van der Waals surface area contributed by atoms with Gasteiger partial charge in [-0.25, -0.2) is 4.39 Å². The molecule has 1 atom stereocenters. The minimum atomic E-state index is -0.989. The third-order valence-electron chi connectivity index (χ3n) is 5.66. The first-order valence-electron chi connectivity index (χ1n) is 11.1. The maximum atomic E-state index is 14.9. The average molecular weight is 470 g/mol. The molecule has 0 spiro atoms. The molecule has 3 aromatic rings. The van der Waals surface area contributed by atoms with E-state index in [4.69, 9.17) is 4.74 Å². The number of hydrogen-bond acceptors (Lipinski definition) is 4. The van der Waals surface area contributed by atoms with Gasteiger partial charge in [-0.15, -0.1) is 0 Å². The van der Waals surface area contributed by atoms with Gasteiger partial charge in [-0.3, -0.25) is 14.5 Å². The van der Waals surface area contributed by atoms with Crippen LogP contribution in [-0.2, 0) is 21.4 Å². The summed E-state index contributed by atoms with van der Waals surface area (Å²) in [5.74, 6) is -1.08. The Balaban J connectivity index is 1.78. The van der Waals surface area contributed by atoms with Crippen LogP contribution in [0.25, 0.3) is 10.9 Å². The lowest BCUT2D eigenvalue weighted by Gasteiger charge is -2.30. The van der Waals surface area contributed by atoms with Crippen molar-refractivity contribution in [1.82, 2.24) is 9.88 Å². The maximum absolute atomic E-state index is 14.9. The van der Waals surface area contributed by atoms with Crippen molar-refractivity contribution in [2.24, 2.45) is 7.05 Å². The number of carbonyl (C=O) groups is 2. The van der Waals surface area contributed by atoms with E-state index in [2.05, 4.69) is 5.32 Å². The fraction of sp³-hybridized carbons (Fsp3) is 0.360. The van der Waals surface area contributed by atoms with Gasteiger partial charge in [-0.2, -0.15) is 0 Å². The van der Waals surface area contributed by atoms with Gasteiger partial charge >= 0.3 is 0 Å². The van der Waals surface area contributed by atoms with E-state index in [0.29, 0.717) is 19.6 Å². The Morgan fingerprint density at radius 1 is 1.21 bits per heavy atom. The zero-order valence-electron chi connectivity index (χ0n) is 19.0. The molecule has 2 aromatic carbocycles. The molecular weight excluding hydrogens is 441 g/mol.